The van der Waals surface area contributed by atoms with E-state index < -0.39 is 0 Å². The van der Waals surface area contributed by atoms with E-state index in [1.165, 1.54) is 28.5 Å². The summed E-state index contributed by atoms with van der Waals surface area (Å²) in [5.41, 5.74) is 1.23. The van der Waals surface area contributed by atoms with Crippen LogP contribution in [0.2, 0.25) is 0 Å². The summed E-state index contributed by atoms with van der Waals surface area (Å²) in [5, 5.41) is 10.1. The molecular weight excluding hydrogens is 405 g/mol. The Morgan fingerprint density at radius 1 is 1.23 bits per heavy atom. The molecular formula is C22H24FN3O3S. The molecule has 0 saturated heterocycles. The van der Waals surface area contributed by atoms with Gasteiger partial charge in [-0.05, 0) is 43.2 Å². The normalized spacial score (nSPS) is 12.1. The predicted octanol–water partition coefficient (Wildman–Crippen LogP) is 3.23. The third kappa shape index (κ3) is 4.88. The third-order valence-corrected chi connectivity index (χ3v) is 5.98. The van der Waals surface area contributed by atoms with Crippen molar-refractivity contribution in [3.63, 3.8) is 0 Å². The standard InChI is InChI=1S/C22H24FN3O3S/c1-15(16-8-10-17(23)11-9-16)25(2)20(28)14-30-22-24-19-7-4-3-6-18(19)21(29)26(22)12-5-13-27/h3-4,6-11,15,27H,5,12-14H2,1-2H3. The maximum absolute atomic E-state index is 13.2. The number of amides is 1. The quantitative estimate of drug-likeness (QED) is 0.440. The number of nitrogens with zero attached hydrogens (tertiary/aromatic N) is 3. The van der Waals surface area contributed by atoms with Crippen LogP contribution in [0.5, 0.6) is 0 Å². The molecule has 2 aromatic carbocycles. The van der Waals surface area contributed by atoms with Crippen molar-refractivity contribution >= 4 is 28.6 Å². The number of aromatic nitrogens is 2. The maximum atomic E-state index is 13.2. The lowest BCUT2D eigenvalue weighted by Gasteiger charge is -2.25. The second-order valence-corrected chi connectivity index (χ2v) is 7.91. The predicted molar refractivity (Wildman–Crippen MR) is 116 cm³/mol. The molecule has 1 amide bonds. The summed E-state index contributed by atoms with van der Waals surface area (Å²) in [6.07, 6.45) is 0.420. The molecule has 1 unspecified atom stereocenters. The molecule has 1 heterocycles. The first-order valence-corrected chi connectivity index (χ1v) is 10.6. The molecule has 0 bridgehead atoms. The molecule has 8 heteroatoms. The van der Waals surface area contributed by atoms with Crippen molar-refractivity contribution in [3.05, 3.63) is 70.3 Å². The van der Waals surface area contributed by atoms with E-state index in [0.717, 1.165) is 5.56 Å². The van der Waals surface area contributed by atoms with Crippen LogP contribution in [0, 0.1) is 5.82 Å². The van der Waals surface area contributed by atoms with Gasteiger partial charge in [0, 0.05) is 20.2 Å². The summed E-state index contributed by atoms with van der Waals surface area (Å²) in [6, 6.07) is 12.9. The van der Waals surface area contributed by atoms with Crippen LogP contribution < -0.4 is 5.56 Å². The number of halogens is 1. The van der Waals surface area contributed by atoms with E-state index in [4.69, 9.17) is 0 Å². The molecule has 6 nitrogen and oxygen atoms in total. The Morgan fingerprint density at radius 3 is 2.63 bits per heavy atom. The first-order chi connectivity index (χ1) is 14.4. The number of fused-ring (bicyclic) bond motifs is 1. The number of rotatable bonds is 8. The van der Waals surface area contributed by atoms with Crippen molar-refractivity contribution in [2.24, 2.45) is 0 Å². The van der Waals surface area contributed by atoms with E-state index in [2.05, 4.69) is 4.98 Å². The van der Waals surface area contributed by atoms with Gasteiger partial charge in [-0.15, -0.1) is 0 Å². The van der Waals surface area contributed by atoms with Crippen molar-refractivity contribution < 1.29 is 14.3 Å². The molecule has 0 radical (unpaired) electrons. The number of aliphatic hydroxyl groups is 1. The monoisotopic (exact) mass is 429 g/mol. The Balaban J connectivity index is 1.79. The van der Waals surface area contributed by atoms with Crippen LogP contribution in [0.4, 0.5) is 4.39 Å². The lowest BCUT2D eigenvalue weighted by atomic mass is 10.1. The highest BCUT2D eigenvalue weighted by Crippen LogP contribution is 2.23. The minimum absolute atomic E-state index is 0.0414. The minimum atomic E-state index is -0.321. The summed E-state index contributed by atoms with van der Waals surface area (Å²) in [5.74, 6) is -0.349. The number of carbonyl (C=O) groups is 1. The maximum Gasteiger partial charge on any atom is 0.262 e. The van der Waals surface area contributed by atoms with Gasteiger partial charge in [-0.3, -0.25) is 14.2 Å². The zero-order chi connectivity index (χ0) is 21.7. The van der Waals surface area contributed by atoms with Crippen LogP contribution in [-0.2, 0) is 11.3 Å². The highest BCUT2D eigenvalue weighted by molar-refractivity contribution is 7.99. The van der Waals surface area contributed by atoms with Gasteiger partial charge >= 0.3 is 0 Å². The number of aliphatic hydroxyl groups excluding tert-OH is 1. The summed E-state index contributed by atoms with van der Waals surface area (Å²) >= 11 is 1.20. The van der Waals surface area contributed by atoms with Gasteiger partial charge in [-0.2, -0.15) is 0 Å². The van der Waals surface area contributed by atoms with E-state index >= 15 is 0 Å². The Morgan fingerprint density at radius 2 is 1.93 bits per heavy atom. The van der Waals surface area contributed by atoms with Crippen LogP contribution in [-0.4, -0.2) is 44.9 Å². The second kappa shape index (κ2) is 9.86. The molecule has 1 atom stereocenters. The number of benzene rings is 2. The molecule has 30 heavy (non-hydrogen) atoms. The second-order valence-electron chi connectivity index (χ2n) is 6.97. The number of thioether (sulfide) groups is 1. The zero-order valence-electron chi connectivity index (χ0n) is 16.9. The molecule has 0 saturated carbocycles. The van der Waals surface area contributed by atoms with Gasteiger partial charge in [0.1, 0.15) is 5.82 Å². The fraction of sp³-hybridized carbons (Fsp3) is 0.318. The summed E-state index contributed by atoms with van der Waals surface area (Å²) in [4.78, 5) is 31.8. The van der Waals surface area contributed by atoms with Crippen LogP contribution in [0.1, 0.15) is 24.9 Å². The number of carbonyl (C=O) groups excluding carboxylic acids is 1. The van der Waals surface area contributed by atoms with Gasteiger partial charge in [0.15, 0.2) is 5.16 Å². The van der Waals surface area contributed by atoms with Crippen LogP contribution in [0.3, 0.4) is 0 Å². The molecule has 0 fully saturated rings. The largest absolute Gasteiger partial charge is 0.396 e. The Bertz CT molecular complexity index is 1090. The topological polar surface area (TPSA) is 75.4 Å². The fourth-order valence-corrected chi connectivity index (χ4v) is 4.04. The van der Waals surface area contributed by atoms with E-state index in [1.54, 1.807) is 42.3 Å². The minimum Gasteiger partial charge on any atom is -0.396 e. The van der Waals surface area contributed by atoms with Gasteiger partial charge in [0.2, 0.25) is 5.91 Å². The highest BCUT2D eigenvalue weighted by atomic mass is 32.2. The average molecular weight is 430 g/mol. The number of para-hydroxylation sites is 1. The molecule has 0 spiro atoms. The molecule has 0 aliphatic rings. The van der Waals surface area contributed by atoms with Crippen molar-refractivity contribution in [1.29, 1.82) is 0 Å². The van der Waals surface area contributed by atoms with Crippen molar-refractivity contribution in [2.75, 3.05) is 19.4 Å². The average Bonchev–Trinajstić information content (AvgIpc) is 2.76. The van der Waals surface area contributed by atoms with Gasteiger partial charge in [-0.1, -0.05) is 36.0 Å². The van der Waals surface area contributed by atoms with Gasteiger partial charge in [0.25, 0.3) is 5.56 Å². The fourth-order valence-electron chi connectivity index (χ4n) is 3.09. The number of hydrogen-bond donors (Lipinski definition) is 1. The Kier molecular flexibility index (Phi) is 7.23. The summed E-state index contributed by atoms with van der Waals surface area (Å²) in [7, 11) is 1.70. The van der Waals surface area contributed by atoms with E-state index in [9.17, 15) is 19.1 Å². The molecule has 1 aromatic heterocycles. The van der Waals surface area contributed by atoms with Gasteiger partial charge in [0.05, 0.1) is 22.7 Å². The molecule has 3 rings (SSSR count). The van der Waals surface area contributed by atoms with Crippen LogP contribution in [0.15, 0.2) is 58.5 Å². The first kappa shape index (κ1) is 22.0. The van der Waals surface area contributed by atoms with E-state index in [1.807, 2.05) is 13.0 Å². The summed E-state index contributed by atoms with van der Waals surface area (Å²) < 4.78 is 14.7. The van der Waals surface area contributed by atoms with E-state index in [0.29, 0.717) is 29.0 Å². The molecule has 0 aliphatic carbocycles. The Labute approximate surface area is 178 Å². The smallest absolute Gasteiger partial charge is 0.262 e. The highest BCUT2D eigenvalue weighted by Gasteiger charge is 2.19. The van der Waals surface area contributed by atoms with Crippen molar-refractivity contribution in [1.82, 2.24) is 14.5 Å². The van der Waals surface area contributed by atoms with Gasteiger partial charge in [-0.25, -0.2) is 9.37 Å². The van der Waals surface area contributed by atoms with Crippen LogP contribution >= 0.6 is 11.8 Å². The van der Waals surface area contributed by atoms with Crippen LogP contribution in [0.25, 0.3) is 10.9 Å². The molecule has 0 aliphatic heterocycles. The van der Waals surface area contributed by atoms with E-state index in [-0.39, 0.29) is 35.7 Å². The lowest BCUT2D eigenvalue weighted by Crippen LogP contribution is -2.31. The molecule has 3 aromatic rings. The van der Waals surface area contributed by atoms with Crippen molar-refractivity contribution in [2.45, 2.75) is 31.1 Å². The van der Waals surface area contributed by atoms with Crippen molar-refractivity contribution in [3.8, 4) is 0 Å². The summed E-state index contributed by atoms with van der Waals surface area (Å²) in [6.45, 7) is 2.16. The lowest BCUT2D eigenvalue weighted by molar-refractivity contribution is -0.128. The molecule has 158 valence electrons. The number of hydrogen-bond acceptors (Lipinski definition) is 5. The third-order valence-electron chi connectivity index (χ3n) is 5.02. The zero-order valence-corrected chi connectivity index (χ0v) is 17.7. The Hall–Kier alpha value is -2.71. The SMILES string of the molecule is CC(c1ccc(F)cc1)N(C)C(=O)CSc1nc2ccccc2c(=O)n1CCCO. The van der Waals surface area contributed by atoms with Gasteiger partial charge < -0.3 is 10.0 Å². The first-order valence-electron chi connectivity index (χ1n) is 9.66. The molecule has 1 N–H and O–H groups in total.